The second-order valence-electron chi connectivity index (χ2n) is 6.14. The molecule has 0 aliphatic carbocycles. The molecule has 1 atom stereocenters. The maximum Gasteiger partial charge on any atom is 0.157 e. The summed E-state index contributed by atoms with van der Waals surface area (Å²) >= 11 is 1.91. The minimum atomic E-state index is 0.271. The summed E-state index contributed by atoms with van der Waals surface area (Å²) in [6, 6.07) is 0.544. The predicted molar refractivity (Wildman–Crippen MR) is 86.1 cm³/mol. The van der Waals surface area contributed by atoms with Gasteiger partial charge in [-0.15, -0.1) is 0 Å². The van der Waals surface area contributed by atoms with Gasteiger partial charge in [0.15, 0.2) is 5.17 Å². The van der Waals surface area contributed by atoms with E-state index in [-0.39, 0.29) is 5.54 Å². The van der Waals surface area contributed by atoms with Crippen molar-refractivity contribution in [3.05, 3.63) is 0 Å². The first-order chi connectivity index (χ1) is 9.15. The van der Waals surface area contributed by atoms with Gasteiger partial charge in [0.05, 0.1) is 6.04 Å². The number of hydrogen-bond acceptors (Lipinski definition) is 3. The molecule has 0 aromatic carbocycles. The monoisotopic (exact) mass is 283 g/mol. The summed E-state index contributed by atoms with van der Waals surface area (Å²) in [4.78, 5) is 7.55. The molecule has 0 radical (unpaired) electrons. The van der Waals surface area contributed by atoms with Gasteiger partial charge in [-0.05, 0) is 45.6 Å². The van der Waals surface area contributed by atoms with E-state index in [0.29, 0.717) is 6.04 Å². The van der Waals surface area contributed by atoms with Gasteiger partial charge in [-0.25, -0.2) is 0 Å². The van der Waals surface area contributed by atoms with Crippen molar-refractivity contribution in [2.45, 2.75) is 64.5 Å². The Morgan fingerprint density at radius 2 is 2.11 bits per heavy atom. The summed E-state index contributed by atoms with van der Waals surface area (Å²) in [7, 11) is 0. The quantitative estimate of drug-likeness (QED) is 0.859. The molecule has 2 rings (SSSR count). The molecule has 1 N–H and O–H groups in total. The highest BCUT2D eigenvalue weighted by atomic mass is 32.2. The average Bonchev–Trinajstić information content (AvgIpc) is 2.42. The first-order valence-electron chi connectivity index (χ1n) is 7.86. The maximum atomic E-state index is 4.97. The maximum absolute atomic E-state index is 4.97. The summed E-state index contributed by atoms with van der Waals surface area (Å²) in [5, 5.41) is 4.86. The summed E-state index contributed by atoms with van der Waals surface area (Å²) in [5.74, 6) is 1.21. The molecule has 110 valence electrons. The SMILES string of the molecule is CCCN1CCC(N=C2NC(C)(CC)CCS2)CC1. The van der Waals surface area contributed by atoms with E-state index in [1.165, 1.54) is 62.7 Å². The van der Waals surface area contributed by atoms with Gasteiger partial charge in [-0.2, -0.15) is 0 Å². The van der Waals surface area contributed by atoms with Gasteiger partial charge in [0.1, 0.15) is 0 Å². The van der Waals surface area contributed by atoms with Crippen LogP contribution in [0.1, 0.15) is 52.9 Å². The lowest BCUT2D eigenvalue weighted by Crippen LogP contribution is -2.48. The van der Waals surface area contributed by atoms with Crippen molar-refractivity contribution < 1.29 is 0 Å². The van der Waals surface area contributed by atoms with E-state index >= 15 is 0 Å². The summed E-state index contributed by atoms with van der Waals surface area (Å²) in [6.07, 6.45) is 6.16. The van der Waals surface area contributed by atoms with Crippen LogP contribution in [0, 0.1) is 0 Å². The Bertz CT molecular complexity index is 311. The zero-order valence-electron chi connectivity index (χ0n) is 12.7. The average molecular weight is 283 g/mol. The molecule has 2 aliphatic rings. The van der Waals surface area contributed by atoms with Gasteiger partial charge in [-0.1, -0.05) is 25.6 Å². The number of amidine groups is 1. The number of rotatable bonds is 4. The van der Waals surface area contributed by atoms with Crippen molar-refractivity contribution >= 4 is 16.9 Å². The lowest BCUT2D eigenvalue weighted by Gasteiger charge is -2.36. The second kappa shape index (κ2) is 6.98. The molecule has 0 saturated carbocycles. The van der Waals surface area contributed by atoms with Gasteiger partial charge < -0.3 is 10.2 Å². The topological polar surface area (TPSA) is 27.6 Å². The number of likely N-dealkylation sites (tertiary alicyclic amines) is 1. The van der Waals surface area contributed by atoms with Crippen LogP contribution < -0.4 is 5.32 Å². The van der Waals surface area contributed by atoms with Crippen molar-refractivity contribution in [3.63, 3.8) is 0 Å². The molecule has 1 unspecified atom stereocenters. The summed E-state index contributed by atoms with van der Waals surface area (Å²) in [6.45, 7) is 10.6. The smallest absolute Gasteiger partial charge is 0.157 e. The standard InChI is InChI=1S/C15H29N3S/c1-4-9-18-10-6-13(7-11-18)16-14-17-15(3,5-2)8-12-19-14/h13H,4-12H2,1-3H3,(H,16,17). The van der Waals surface area contributed by atoms with Crippen LogP contribution >= 0.6 is 11.8 Å². The normalized spacial score (nSPS) is 32.5. The van der Waals surface area contributed by atoms with Crippen LogP contribution in [0.5, 0.6) is 0 Å². The molecule has 2 saturated heterocycles. The fourth-order valence-corrected chi connectivity index (χ4v) is 4.11. The third-order valence-corrected chi connectivity index (χ3v) is 5.37. The molecule has 2 aliphatic heterocycles. The van der Waals surface area contributed by atoms with E-state index in [4.69, 9.17) is 4.99 Å². The van der Waals surface area contributed by atoms with E-state index < -0.39 is 0 Å². The molecule has 0 aromatic rings. The second-order valence-corrected chi connectivity index (χ2v) is 7.23. The van der Waals surface area contributed by atoms with Crippen LogP contribution in [0.2, 0.25) is 0 Å². The van der Waals surface area contributed by atoms with Crippen LogP contribution in [0.4, 0.5) is 0 Å². The third kappa shape index (κ3) is 4.38. The molecule has 0 amide bonds. The Hall–Kier alpha value is -0.220. The lowest BCUT2D eigenvalue weighted by molar-refractivity contribution is 0.214. The Balaban J connectivity index is 1.85. The van der Waals surface area contributed by atoms with Gasteiger partial charge in [0.25, 0.3) is 0 Å². The lowest BCUT2D eigenvalue weighted by atomic mass is 9.96. The molecule has 19 heavy (non-hydrogen) atoms. The third-order valence-electron chi connectivity index (χ3n) is 4.48. The summed E-state index contributed by atoms with van der Waals surface area (Å²) < 4.78 is 0. The van der Waals surface area contributed by atoms with E-state index in [1.807, 2.05) is 11.8 Å². The minimum absolute atomic E-state index is 0.271. The summed E-state index contributed by atoms with van der Waals surface area (Å²) in [5.41, 5.74) is 0.271. The molecule has 3 nitrogen and oxygen atoms in total. The molecule has 0 aromatic heterocycles. The van der Waals surface area contributed by atoms with Gasteiger partial charge in [0.2, 0.25) is 0 Å². The zero-order valence-corrected chi connectivity index (χ0v) is 13.6. The number of nitrogens with zero attached hydrogens (tertiary/aromatic N) is 2. The molecule has 0 bridgehead atoms. The Labute approximate surface area is 122 Å². The minimum Gasteiger partial charge on any atom is -0.360 e. The van der Waals surface area contributed by atoms with Crippen molar-refractivity contribution in [2.75, 3.05) is 25.4 Å². The number of aliphatic imine (C=N–C) groups is 1. The zero-order chi connectivity index (χ0) is 13.7. The first-order valence-corrected chi connectivity index (χ1v) is 8.85. The van der Waals surface area contributed by atoms with E-state index in [0.717, 1.165) is 0 Å². The Kier molecular flexibility index (Phi) is 5.58. The fraction of sp³-hybridized carbons (Fsp3) is 0.933. The van der Waals surface area contributed by atoms with E-state index in [9.17, 15) is 0 Å². The Morgan fingerprint density at radius 3 is 2.74 bits per heavy atom. The molecule has 2 heterocycles. The van der Waals surface area contributed by atoms with Crippen LogP contribution in [0.15, 0.2) is 4.99 Å². The van der Waals surface area contributed by atoms with Crippen molar-refractivity contribution in [1.29, 1.82) is 0 Å². The van der Waals surface area contributed by atoms with Crippen molar-refractivity contribution in [2.24, 2.45) is 4.99 Å². The molecular weight excluding hydrogens is 254 g/mol. The first kappa shape index (κ1) is 15.2. The number of thioether (sulfide) groups is 1. The molecule has 2 fully saturated rings. The van der Waals surface area contributed by atoms with E-state index in [2.05, 4.69) is 31.0 Å². The van der Waals surface area contributed by atoms with Crippen LogP contribution in [-0.2, 0) is 0 Å². The highest BCUT2D eigenvalue weighted by Crippen LogP contribution is 2.26. The fourth-order valence-electron chi connectivity index (χ4n) is 2.82. The van der Waals surface area contributed by atoms with Gasteiger partial charge in [0, 0.05) is 24.4 Å². The highest BCUT2D eigenvalue weighted by molar-refractivity contribution is 8.13. The van der Waals surface area contributed by atoms with Gasteiger partial charge >= 0.3 is 0 Å². The molecule has 4 heteroatoms. The van der Waals surface area contributed by atoms with Gasteiger partial charge in [-0.3, -0.25) is 4.99 Å². The number of nitrogens with one attached hydrogen (secondary N) is 1. The predicted octanol–water partition coefficient (Wildman–Crippen LogP) is 3.11. The molecule has 0 spiro atoms. The van der Waals surface area contributed by atoms with E-state index in [1.54, 1.807) is 0 Å². The van der Waals surface area contributed by atoms with Crippen LogP contribution in [-0.4, -0.2) is 47.0 Å². The largest absolute Gasteiger partial charge is 0.360 e. The van der Waals surface area contributed by atoms with Crippen LogP contribution in [0.3, 0.4) is 0 Å². The number of hydrogen-bond donors (Lipinski definition) is 1. The Morgan fingerprint density at radius 1 is 1.37 bits per heavy atom. The van der Waals surface area contributed by atoms with Crippen molar-refractivity contribution in [3.8, 4) is 0 Å². The number of piperidine rings is 1. The molecular formula is C15H29N3S. The van der Waals surface area contributed by atoms with Crippen LogP contribution in [0.25, 0.3) is 0 Å². The highest BCUT2D eigenvalue weighted by Gasteiger charge is 2.28. The van der Waals surface area contributed by atoms with Crippen molar-refractivity contribution in [1.82, 2.24) is 10.2 Å².